The molecule has 1 aromatic carbocycles. The molecular weight excluding hydrogens is 175 g/mol. The zero-order valence-electron chi connectivity index (χ0n) is 8.51. The van der Waals surface area contributed by atoms with E-state index in [-0.39, 0.29) is 0 Å². The van der Waals surface area contributed by atoms with Gasteiger partial charge in [-0.2, -0.15) is 0 Å². The Bertz CT molecular complexity index is 258. The highest BCUT2D eigenvalue weighted by atomic mass is 31.0. The van der Waals surface area contributed by atoms with E-state index in [4.69, 9.17) is 0 Å². The van der Waals surface area contributed by atoms with E-state index in [9.17, 15) is 0 Å². The smallest absolute Gasteiger partial charge is 0.00144 e. The molecule has 71 valence electrons. The molecule has 0 aliphatic carbocycles. The van der Waals surface area contributed by atoms with Crippen LogP contribution in [0.2, 0.25) is 0 Å². The van der Waals surface area contributed by atoms with Gasteiger partial charge in [0.15, 0.2) is 0 Å². The topological polar surface area (TPSA) is 0 Å². The molecule has 0 spiro atoms. The van der Waals surface area contributed by atoms with Crippen molar-refractivity contribution < 1.29 is 0 Å². The molecule has 0 nitrogen and oxygen atoms in total. The standard InChI is InChI=1S/C12H18P/c1-4-5-12(13)11-7-9(2)6-10(3)8-11/h6-8,12H,1,4-5,13H2,2-3H3. The van der Waals surface area contributed by atoms with Gasteiger partial charge in [0.25, 0.3) is 0 Å². The Balaban J connectivity index is 2.87. The fraction of sp³-hybridized carbons (Fsp3) is 0.417. The molecule has 0 amide bonds. The summed E-state index contributed by atoms with van der Waals surface area (Å²) in [4.78, 5) is 0. The van der Waals surface area contributed by atoms with Gasteiger partial charge in [-0.05, 0) is 31.5 Å². The maximum absolute atomic E-state index is 3.88. The maximum atomic E-state index is 3.88. The Morgan fingerprint density at radius 3 is 2.23 bits per heavy atom. The number of rotatable bonds is 3. The van der Waals surface area contributed by atoms with Crippen LogP contribution in [0, 0.1) is 20.8 Å². The Morgan fingerprint density at radius 1 is 1.23 bits per heavy atom. The van der Waals surface area contributed by atoms with Gasteiger partial charge >= 0.3 is 0 Å². The molecule has 1 rings (SSSR count). The summed E-state index contributed by atoms with van der Waals surface area (Å²) in [7, 11) is 2.90. The summed E-state index contributed by atoms with van der Waals surface area (Å²) >= 11 is 0. The third-order valence-electron chi connectivity index (χ3n) is 2.19. The van der Waals surface area contributed by atoms with Crippen LogP contribution in [-0.2, 0) is 0 Å². The molecule has 0 aliphatic rings. The molecule has 0 N–H and O–H groups in total. The number of hydrogen-bond donors (Lipinski definition) is 0. The average molecular weight is 193 g/mol. The summed E-state index contributed by atoms with van der Waals surface area (Å²) in [6.07, 6.45) is 2.15. The fourth-order valence-corrected chi connectivity index (χ4v) is 2.04. The zero-order valence-corrected chi connectivity index (χ0v) is 9.66. The van der Waals surface area contributed by atoms with E-state index < -0.39 is 0 Å². The highest BCUT2D eigenvalue weighted by Gasteiger charge is 2.04. The van der Waals surface area contributed by atoms with Gasteiger partial charge in [-0.1, -0.05) is 42.7 Å². The summed E-state index contributed by atoms with van der Waals surface area (Å²) in [5, 5.41) is 0. The Morgan fingerprint density at radius 2 is 1.77 bits per heavy atom. The number of benzene rings is 1. The second-order valence-corrected chi connectivity index (χ2v) is 4.47. The average Bonchev–Trinajstić information content (AvgIpc) is 2.03. The lowest BCUT2D eigenvalue weighted by atomic mass is 10.0. The van der Waals surface area contributed by atoms with Crippen molar-refractivity contribution in [2.75, 3.05) is 0 Å². The SMILES string of the molecule is [CH2]CCC(P)c1cc(C)cc(C)c1. The Kier molecular flexibility index (Phi) is 3.93. The highest BCUT2D eigenvalue weighted by Crippen LogP contribution is 2.28. The first-order chi connectivity index (χ1) is 6.13. The van der Waals surface area contributed by atoms with Crippen LogP contribution in [0.15, 0.2) is 18.2 Å². The van der Waals surface area contributed by atoms with Crippen molar-refractivity contribution >= 4 is 9.24 Å². The summed E-state index contributed by atoms with van der Waals surface area (Å²) in [5.74, 6) is 0. The van der Waals surface area contributed by atoms with Crippen LogP contribution >= 0.6 is 9.24 Å². The lowest BCUT2D eigenvalue weighted by Crippen LogP contribution is -1.91. The molecule has 0 saturated carbocycles. The third-order valence-corrected chi connectivity index (χ3v) is 2.91. The molecule has 13 heavy (non-hydrogen) atoms. The number of hydrogen-bond acceptors (Lipinski definition) is 0. The number of aryl methyl sites for hydroxylation is 2. The summed E-state index contributed by atoms with van der Waals surface area (Å²) in [6.45, 7) is 8.18. The first kappa shape index (κ1) is 10.7. The Hall–Kier alpha value is -0.350. The van der Waals surface area contributed by atoms with E-state index in [1.165, 1.54) is 16.7 Å². The summed E-state index contributed by atoms with van der Waals surface area (Å²) in [5.41, 5.74) is 4.69. The predicted octanol–water partition coefficient (Wildman–Crippen LogP) is 3.83. The van der Waals surface area contributed by atoms with E-state index in [2.05, 4.69) is 48.2 Å². The lowest BCUT2D eigenvalue weighted by Gasteiger charge is -2.12. The lowest BCUT2D eigenvalue weighted by molar-refractivity contribution is 0.819. The van der Waals surface area contributed by atoms with Crippen molar-refractivity contribution in [3.63, 3.8) is 0 Å². The first-order valence-corrected chi connectivity index (χ1v) is 5.43. The van der Waals surface area contributed by atoms with Crippen molar-refractivity contribution in [2.45, 2.75) is 32.3 Å². The molecule has 2 unspecified atom stereocenters. The quantitative estimate of drug-likeness (QED) is 0.640. The van der Waals surface area contributed by atoms with Crippen LogP contribution in [0.5, 0.6) is 0 Å². The van der Waals surface area contributed by atoms with Crippen molar-refractivity contribution in [1.82, 2.24) is 0 Å². The van der Waals surface area contributed by atoms with Gasteiger partial charge in [0, 0.05) is 0 Å². The van der Waals surface area contributed by atoms with Crippen LogP contribution in [-0.4, -0.2) is 0 Å². The van der Waals surface area contributed by atoms with Gasteiger partial charge in [-0.15, -0.1) is 9.24 Å². The monoisotopic (exact) mass is 193 g/mol. The van der Waals surface area contributed by atoms with E-state index in [1.807, 2.05) is 0 Å². The van der Waals surface area contributed by atoms with Gasteiger partial charge in [0.2, 0.25) is 0 Å². The molecule has 1 radical (unpaired) electrons. The van der Waals surface area contributed by atoms with Crippen LogP contribution < -0.4 is 0 Å². The van der Waals surface area contributed by atoms with Gasteiger partial charge < -0.3 is 0 Å². The van der Waals surface area contributed by atoms with Crippen LogP contribution in [0.4, 0.5) is 0 Å². The zero-order chi connectivity index (χ0) is 9.84. The second kappa shape index (κ2) is 4.77. The van der Waals surface area contributed by atoms with Crippen molar-refractivity contribution in [1.29, 1.82) is 0 Å². The van der Waals surface area contributed by atoms with Crippen LogP contribution in [0.1, 0.15) is 35.2 Å². The molecule has 0 aromatic heterocycles. The molecular formula is C12H18P. The van der Waals surface area contributed by atoms with E-state index in [1.54, 1.807) is 0 Å². The molecule has 0 saturated heterocycles. The van der Waals surface area contributed by atoms with Gasteiger partial charge in [0.1, 0.15) is 0 Å². The fourth-order valence-electron chi connectivity index (χ4n) is 1.61. The second-order valence-electron chi connectivity index (χ2n) is 3.67. The maximum Gasteiger partial charge on any atom is -0.00144 e. The molecule has 0 bridgehead atoms. The molecule has 1 aromatic rings. The first-order valence-electron chi connectivity index (χ1n) is 4.76. The largest absolute Gasteiger partial charge is 0.130 e. The molecule has 1 heteroatoms. The van der Waals surface area contributed by atoms with E-state index in [0.717, 1.165) is 12.8 Å². The van der Waals surface area contributed by atoms with Gasteiger partial charge in [-0.25, -0.2) is 0 Å². The van der Waals surface area contributed by atoms with Crippen molar-refractivity contribution in [3.8, 4) is 0 Å². The molecule has 0 heterocycles. The minimum absolute atomic E-state index is 0.566. The van der Waals surface area contributed by atoms with Gasteiger partial charge in [-0.3, -0.25) is 0 Å². The minimum atomic E-state index is 0.566. The summed E-state index contributed by atoms with van der Waals surface area (Å²) < 4.78 is 0. The van der Waals surface area contributed by atoms with E-state index >= 15 is 0 Å². The molecule has 0 aliphatic heterocycles. The third kappa shape index (κ3) is 3.12. The normalized spacial score (nSPS) is 12.9. The van der Waals surface area contributed by atoms with E-state index in [0.29, 0.717) is 5.66 Å². The van der Waals surface area contributed by atoms with Gasteiger partial charge in [0.05, 0.1) is 0 Å². The summed E-state index contributed by atoms with van der Waals surface area (Å²) in [6, 6.07) is 6.74. The molecule has 0 fully saturated rings. The minimum Gasteiger partial charge on any atom is -0.130 e. The Labute approximate surface area is 84.0 Å². The van der Waals surface area contributed by atoms with Crippen molar-refractivity contribution in [3.05, 3.63) is 41.8 Å². The van der Waals surface area contributed by atoms with Crippen LogP contribution in [0.3, 0.4) is 0 Å². The van der Waals surface area contributed by atoms with Crippen molar-refractivity contribution in [2.24, 2.45) is 0 Å². The highest BCUT2D eigenvalue weighted by molar-refractivity contribution is 7.17. The van der Waals surface area contributed by atoms with Crippen LogP contribution in [0.25, 0.3) is 0 Å². The molecule has 2 atom stereocenters. The predicted molar refractivity (Wildman–Crippen MR) is 63.0 cm³/mol.